The van der Waals surface area contributed by atoms with Gasteiger partial charge in [-0.2, -0.15) is 4.99 Å². The van der Waals surface area contributed by atoms with Crippen LogP contribution in [0.2, 0.25) is 0 Å². The quantitative estimate of drug-likeness (QED) is 0.408. The van der Waals surface area contributed by atoms with E-state index < -0.39 is 11.6 Å². The van der Waals surface area contributed by atoms with Crippen LogP contribution in [0.4, 0.5) is 14.5 Å². The van der Waals surface area contributed by atoms with Crippen molar-refractivity contribution in [3.63, 3.8) is 0 Å². The Morgan fingerprint density at radius 2 is 1.81 bits per heavy atom. The number of nitrogens with two attached hydrogens (primary N) is 3. The topological polar surface area (TPSA) is 103 Å². The second-order valence-electron chi connectivity index (χ2n) is 2.73. The number of hydrogen-bond acceptors (Lipinski definition) is 1. The molecule has 0 unspecified atom stereocenters. The maximum atomic E-state index is 13.0. The van der Waals surface area contributed by atoms with Crippen LogP contribution in [0.3, 0.4) is 0 Å². The smallest absolute Gasteiger partial charge is 0.223 e. The Morgan fingerprint density at radius 3 is 2.31 bits per heavy atom. The summed E-state index contributed by atoms with van der Waals surface area (Å²) in [4.78, 5) is 7.10. The van der Waals surface area contributed by atoms with Crippen molar-refractivity contribution >= 4 is 33.5 Å². The van der Waals surface area contributed by atoms with Crippen LogP contribution in [0, 0.1) is 11.6 Å². The van der Waals surface area contributed by atoms with Gasteiger partial charge in [0.05, 0.1) is 10.2 Å². The molecule has 1 aromatic rings. The Hall–Kier alpha value is -1.70. The van der Waals surface area contributed by atoms with Crippen LogP contribution in [-0.4, -0.2) is 11.9 Å². The molecule has 0 amide bonds. The highest BCUT2D eigenvalue weighted by Gasteiger charge is 2.08. The van der Waals surface area contributed by atoms with Gasteiger partial charge in [-0.15, -0.1) is 0 Å². The Kier molecular flexibility index (Phi) is 3.78. The minimum absolute atomic E-state index is 0.0660. The summed E-state index contributed by atoms with van der Waals surface area (Å²) in [5, 5.41) is 0. The van der Waals surface area contributed by atoms with E-state index in [1.165, 1.54) is 6.07 Å². The number of hydrogen-bond donors (Lipinski definition) is 3. The lowest BCUT2D eigenvalue weighted by molar-refractivity contribution is 0.504. The third kappa shape index (κ3) is 3.16. The van der Waals surface area contributed by atoms with Gasteiger partial charge in [-0.05, 0) is 22.0 Å². The van der Waals surface area contributed by atoms with Crippen molar-refractivity contribution in [3.05, 3.63) is 28.2 Å². The number of guanidine groups is 2. The third-order valence-corrected chi connectivity index (χ3v) is 2.03. The second kappa shape index (κ2) is 4.88. The predicted octanol–water partition coefficient (Wildman–Crippen LogP) is 0.947. The van der Waals surface area contributed by atoms with Crippen molar-refractivity contribution in [2.75, 3.05) is 0 Å². The van der Waals surface area contributed by atoms with E-state index in [4.69, 9.17) is 17.2 Å². The van der Waals surface area contributed by atoms with Gasteiger partial charge in [-0.25, -0.2) is 13.8 Å². The lowest BCUT2D eigenvalue weighted by atomic mass is 10.3. The number of halogens is 3. The molecule has 1 rings (SSSR count). The van der Waals surface area contributed by atoms with Crippen LogP contribution < -0.4 is 17.2 Å². The first-order valence-corrected chi connectivity index (χ1v) is 4.78. The van der Waals surface area contributed by atoms with Gasteiger partial charge in [0.1, 0.15) is 0 Å². The molecule has 5 nitrogen and oxygen atoms in total. The van der Waals surface area contributed by atoms with Crippen LogP contribution >= 0.6 is 15.9 Å². The van der Waals surface area contributed by atoms with E-state index in [1.807, 2.05) is 0 Å². The minimum Gasteiger partial charge on any atom is -0.370 e. The molecule has 0 heterocycles. The molecule has 0 aromatic heterocycles. The minimum atomic E-state index is -1.05. The number of rotatable bonds is 1. The first-order valence-electron chi connectivity index (χ1n) is 3.98. The number of benzene rings is 1. The molecule has 0 fully saturated rings. The molecule has 0 saturated heterocycles. The first kappa shape index (κ1) is 12.4. The van der Waals surface area contributed by atoms with Crippen LogP contribution in [0.15, 0.2) is 26.6 Å². The Balaban J connectivity index is 3.12. The highest BCUT2D eigenvalue weighted by molar-refractivity contribution is 9.10. The van der Waals surface area contributed by atoms with Gasteiger partial charge in [0.2, 0.25) is 5.96 Å². The van der Waals surface area contributed by atoms with Crippen LogP contribution in [0.5, 0.6) is 0 Å². The Bertz CT molecular complexity index is 444. The molecule has 86 valence electrons. The van der Waals surface area contributed by atoms with E-state index in [-0.39, 0.29) is 22.1 Å². The van der Waals surface area contributed by atoms with E-state index in [1.54, 1.807) is 0 Å². The fraction of sp³-hybridized carbons (Fsp3) is 0. The largest absolute Gasteiger partial charge is 0.370 e. The predicted molar refractivity (Wildman–Crippen MR) is 61.2 cm³/mol. The lowest BCUT2D eigenvalue weighted by Gasteiger charge is -1.99. The summed E-state index contributed by atoms with van der Waals surface area (Å²) in [5.41, 5.74) is 15.5. The summed E-state index contributed by atoms with van der Waals surface area (Å²) in [6, 6.07) is 2.11. The van der Waals surface area contributed by atoms with Gasteiger partial charge in [-0.1, -0.05) is 0 Å². The molecule has 1 aromatic carbocycles. The van der Waals surface area contributed by atoms with Crippen LogP contribution in [-0.2, 0) is 0 Å². The lowest BCUT2D eigenvalue weighted by Crippen LogP contribution is -2.26. The van der Waals surface area contributed by atoms with Crippen molar-refractivity contribution in [1.82, 2.24) is 0 Å². The van der Waals surface area contributed by atoms with Crippen molar-refractivity contribution in [2.45, 2.75) is 0 Å². The molecular formula is C8H8BrF2N5. The number of aliphatic imine (C=N–C) groups is 2. The zero-order valence-corrected chi connectivity index (χ0v) is 9.50. The molecular weight excluding hydrogens is 284 g/mol. The Morgan fingerprint density at radius 1 is 1.19 bits per heavy atom. The molecule has 8 heteroatoms. The van der Waals surface area contributed by atoms with Gasteiger partial charge >= 0.3 is 0 Å². The average Bonchev–Trinajstić information content (AvgIpc) is 2.12. The molecule has 0 aliphatic heterocycles. The van der Waals surface area contributed by atoms with Gasteiger partial charge in [0, 0.05) is 6.07 Å². The van der Waals surface area contributed by atoms with Crippen molar-refractivity contribution in [2.24, 2.45) is 27.2 Å². The molecule has 16 heavy (non-hydrogen) atoms. The molecule has 0 aliphatic carbocycles. The monoisotopic (exact) mass is 291 g/mol. The maximum Gasteiger partial charge on any atom is 0.223 e. The van der Waals surface area contributed by atoms with Crippen molar-refractivity contribution in [3.8, 4) is 0 Å². The normalized spacial score (nSPS) is 11.3. The molecule has 0 saturated carbocycles. The zero-order chi connectivity index (χ0) is 12.3. The van der Waals surface area contributed by atoms with E-state index in [0.717, 1.165) is 6.07 Å². The van der Waals surface area contributed by atoms with Crippen molar-refractivity contribution < 1.29 is 8.78 Å². The standard InChI is InChI=1S/C8H8BrF2N5/c9-4-1-3(2-5(10)6(4)11)15-8(14)16-7(12)13/h1-2H,(H6,12,13,14,15,16). The molecule has 0 bridgehead atoms. The van der Waals surface area contributed by atoms with Crippen LogP contribution in [0.1, 0.15) is 0 Å². The highest BCUT2D eigenvalue weighted by Crippen LogP contribution is 2.24. The Labute approximate surface area is 98.2 Å². The summed E-state index contributed by atoms with van der Waals surface area (Å²) in [6.45, 7) is 0. The fourth-order valence-corrected chi connectivity index (χ4v) is 1.32. The summed E-state index contributed by atoms with van der Waals surface area (Å²) in [5.74, 6) is -2.58. The molecule has 0 radical (unpaired) electrons. The molecule has 0 aliphatic rings. The third-order valence-electron chi connectivity index (χ3n) is 1.46. The first-order chi connectivity index (χ1) is 7.40. The van der Waals surface area contributed by atoms with Crippen molar-refractivity contribution in [1.29, 1.82) is 0 Å². The highest BCUT2D eigenvalue weighted by atomic mass is 79.9. The number of nitrogens with zero attached hydrogens (tertiary/aromatic N) is 2. The summed E-state index contributed by atoms with van der Waals surface area (Å²) in [6.07, 6.45) is 0. The van der Waals surface area contributed by atoms with E-state index in [2.05, 4.69) is 25.9 Å². The molecule has 0 spiro atoms. The molecule has 0 atom stereocenters. The second-order valence-corrected chi connectivity index (χ2v) is 3.58. The molecule has 6 N–H and O–H groups in total. The summed E-state index contributed by atoms with van der Waals surface area (Å²) < 4.78 is 25.8. The SMILES string of the molecule is NC(N)=NC(N)=Nc1cc(F)c(F)c(Br)c1. The van der Waals surface area contributed by atoms with E-state index in [0.29, 0.717) is 0 Å². The summed E-state index contributed by atoms with van der Waals surface area (Å²) >= 11 is 2.83. The maximum absolute atomic E-state index is 13.0. The van der Waals surface area contributed by atoms with Gasteiger partial charge in [0.15, 0.2) is 17.6 Å². The zero-order valence-electron chi connectivity index (χ0n) is 7.92. The average molecular weight is 292 g/mol. The van der Waals surface area contributed by atoms with Gasteiger partial charge in [0.25, 0.3) is 0 Å². The van der Waals surface area contributed by atoms with Gasteiger partial charge in [-0.3, -0.25) is 0 Å². The van der Waals surface area contributed by atoms with Gasteiger partial charge < -0.3 is 17.2 Å². The summed E-state index contributed by atoms with van der Waals surface area (Å²) in [7, 11) is 0. The van der Waals surface area contributed by atoms with Crippen LogP contribution in [0.25, 0.3) is 0 Å². The van der Waals surface area contributed by atoms with E-state index in [9.17, 15) is 8.78 Å². The fourth-order valence-electron chi connectivity index (χ4n) is 0.896. The van der Waals surface area contributed by atoms with E-state index >= 15 is 0 Å².